The molecule has 0 aliphatic carbocycles. The van der Waals surface area contributed by atoms with E-state index in [4.69, 9.17) is 0 Å². The first kappa shape index (κ1) is 16.5. The fraction of sp³-hybridized carbons (Fsp3) is 0.333. The van der Waals surface area contributed by atoms with Crippen LogP contribution in [0.15, 0.2) is 24.5 Å². The lowest BCUT2D eigenvalue weighted by molar-refractivity contribution is -0.0116. The molecule has 0 saturated carbocycles. The lowest BCUT2D eigenvalue weighted by atomic mass is 9.90. The molecule has 1 aromatic heterocycles. The van der Waals surface area contributed by atoms with Crippen molar-refractivity contribution in [2.24, 2.45) is 0 Å². The minimum atomic E-state index is -3.87. The Balaban J connectivity index is 2.39. The van der Waals surface area contributed by atoms with E-state index < -0.39 is 34.0 Å². The lowest BCUT2D eigenvalue weighted by Crippen LogP contribution is -2.36. The van der Waals surface area contributed by atoms with Crippen LogP contribution in [-0.4, -0.2) is 41.6 Å². The summed E-state index contributed by atoms with van der Waals surface area (Å²) in [7, 11) is -3.87. The van der Waals surface area contributed by atoms with Gasteiger partial charge in [0, 0.05) is 18.1 Å². The number of aromatic nitrogens is 3. The molecule has 0 saturated heterocycles. The molecule has 2 rings (SSSR count). The van der Waals surface area contributed by atoms with Gasteiger partial charge in [0.25, 0.3) is 10.1 Å². The Bertz CT molecular complexity index is 752. The number of nitrogens with zero attached hydrogens (tertiary/aromatic N) is 2. The summed E-state index contributed by atoms with van der Waals surface area (Å²) in [6.45, 7) is -0.755. The summed E-state index contributed by atoms with van der Waals surface area (Å²) < 4.78 is 53.8. The van der Waals surface area contributed by atoms with E-state index in [2.05, 4.69) is 19.4 Å². The van der Waals surface area contributed by atoms with E-state index >= 15 is 0 Å². The fourth-order valence-electron chi connectivity index (χ4n) is 1.89. The molecule has 0 aliphatic rings. The molecule has 22 heavy (non-hydrogen) atoms. The third kappa shape index (κ3) is 4.06. The summed E-state index contributed by atoms with van der Waals surface area (Å²) >= 11 is 0. The standard InChI is InChI=1S/C12H13F2N3O4S/c1-22(19,20)21-6-12(18,5-11-15-7-16-17-11)9-3-2-8(13)4-10(9)14/h2-4,7,18H,5-6H2,1H3,(H,15,16,17)/t12-/m0/s1. The van der Waals surface area contributed by atoms with Crippen LogP contribution in [0.2, 0.25) is 0 Å². The maximum absolute atomic E-state index is 13.9. The van der Waals surface area contributed by atoms with Gasteiger partial charge in [-0.25, -0.2) is 13.8 Å². The second-order valence-corrected chi connectivity index (χ2v) is 6.37. The SMILES string of the molecule is CS(=O)(=O)OC[C@@](O)(Cc1ncn[nH]1)c1ccc(F)cc1F. The molecule has 2 N–H and O–H groups in total. The van der Waals surface area contributed by atoms with Crippen molar-refractivity contribution < 1.29 is 26.5 Å². The van der Waals surface area contributed by atoms with Crippen molar-refractivity contribution in [1.82, 2.24) is 15.2 Å². The minimum Gasteiger partial charge on any atom is -0.382 e. The predicted octanol–water partition coefficient (Wildman–Crippen LogP) is 0.489. The third-order valence-electron chi connectivity index (χ3n) is 2.87. The van der Waals surface area contributed by atoms with Crippen LogP contribution in [0.1, 0.15) is 11.4 Å². The number of aromatic amines is 1. The number of nitrogens with one attached hydrogen (secondary N) is 1. The van der Waals surface area contributed by atoms with E-state index in [0.717, 1.165) is 18.4 Å². The molecule has 1 heterocycles. The van der Waals surface area contributed by atoms with Crippen molar-refractivity contribution >= 4 is 10.1 Å². The van der Waals surface area contributed by atoms with Gasteiger partial charge in [-0.15, -0.1) is 0 Å². The van der Waals surface area contributed by atoms with E-state index in [-0.39, 0.29) is 17.8 Å². The molecule has 1 aromatic carbocycles. The molecule has 0 amide bonds. The summed E-state index contributed by atoms with van der Waals surface area (Å²) in [4.78, 5) is 3.79. The molecule has 120 valence electrons. The summed E-state index contributed by atoms with van der Waals surface area (Å²) in [6.07, 6.45) is 1.67. The van der Waals surface area contributed by atoms with Gasteiger partial charge in [0.2, 0.25) is 0 Å². The first-order valence-electron chi connectivity index (χ1n) is 6.06. The van der Waals surface area contributed by atoms with Gasteiger partial charge in [-0.3, -0.25) is 9.28 Å². The predicted molar refractivity (Wildman–Crippen MR) is 71.1 cm³/mol. The smallest absolute Gasteiger partial charge is 0.264 e. The molecule has 0 bridgehead atoms. The van der Waals surface area contributed by atoms with Gasteiger partial charge >= 0.3 is 0 Å². The van der Waals surface area contributed by atoms with Gasteiger partial charge in [0.15, 0.2) is 0 Å². The summed E-state index contributed by atoms with van der Waals surface area (Å²) in [6, 6.07) is 2.55. The normalized spacial score (nSPS) is 14.7. The van der Waals surface area contributed by atoms with Crippen LogP contribution in [0.4, 0.5) is 8.78 Å². The van der Waals surface area contributed by atoms with Gasteiger partial charge in [-0.1, -0.05) is 6.07 Å². The van der Waals surface area contributed by atoms with Crippen molar-refractivity contribution in [3.8, 4) is 0 Å². The van der Waals surface area contributed by atoms with Crippen molar-refractivity contribution in [3.63, 3.8) is 0 Å². The number of hydrogen-bond donors (Lipinski definition) is 2. The number of H-pyrrole nitrogens is 1. The number of hydrogen-bond acceptors (Lipinski definition) is 6. The zero-order valence-electron chi connectivity index (χ0n) is 11.5. The van der Waals surface area contributed by atoms with E-state index in [0.29, 0.717) is 6.07 Å². The number of rotatable bonds is 6. The van der Waals surface area contributed by atoms with Crippen LogP contribution in [0, 0.1) is 11.6 Å². The Morgan fingerprint density at radius 3 is 2.68 bits per heavy atom. The van der Waals surface area contributed by atoms with Gasteiger partial charge < -0.3 is 5.11 Å². The molecular formula is C12H13F2N3O4S. The number of aliphatic hydroxyl groups is 1. The highest BCUT2D eigenvalue weighted by Gasteiger charge is 2.35. The zero-order chi connectivity index (χ0) is 16.4. The largest absolute Gasteiger partial charge is 0.382 e. The monoisotopic (exact) mass is 333 g/mol. The first-order valence-corrected chi connectivity index (χ1v) is 7.88. The summed E-state index contributed by atoms with van der Waals surface area (Å²) in [5.41, 5.74) is -2.38. The van der Waals surface area contributed by atoms with Crippen LogP contribution in [0.5, 0.6) is 0 Å². The summed E-state index contributed by atoms with van der Waals surface area (Å²) in [5.74, 6) is -1.67. The molecule has 0 spiro atoms. The minimum absolute atomic E-state index is 0.184. The first-order chi connectivity index (χ1) is 10.2. The lowest BCUT2D eigenvalue weighted by Gasteiger charge is -2.27. The highest BCUT2D eigenvalue weighted by Crippen LogP contribution is 2.28. The molecule has 0 aliphatic heterocycles. The topological polar surface area (TPSA) is 105 Å². The third-order valence-corrected chi connectivity index (χ3v) is 3.42. The van der Waals surface area contributed by atoms with Gasteiger partial charge in [-0.05, 0) is 6.07 Å². The Kier molecular flexibility index (Phi) is 4.54. The Morgan fingerprint density at radius 1 is 1.41 bits per heavy atom. The van der Waals surface area contributed by atoms with Crippen LogP contribution in [-0.2, 0) is 26.3 Å². The van der Waals surface area contributed by atoms with E-state index in [9.17, 15) is 22.3 Å². The number of benzene rings is 1. The molecule has 2 aromatic rings. The van der Waals surface area contributed by atoms with E-state index in [1.165, 1.54) is 6.33 Å². The van der Waals surface area contributed by atoms with E-state index in [1.54, 1.807) is 0 Å². The van der Waals surface area contributed by atoms with Crippen molar-refractivity contribution in [2.45, 2.75) is 12.0 Å². The van der Waals surface area contributed by atoms with Crippen molar-refractivity contribution in [1.29, 1.82) is 0 Å². The van der Waals surface area contributed by atoms with Crippen LogP contribution in [0.3, 0.4) is 0 Å². The quantitative estimate of drug-likeness (QED) is 0.746. The second kappa shape index (κ2) is 6.07. The molecule has 0 unspecified atom stereocenters. The molecular weight excluding hydrogens is 320 g/mol. The average molecular weight is 333 g/mol. The van der Waals surface area contributed by atoms with Crippen molar-refractivity contribution in [2.75, 3.05) is 12.9 Å². The summed E-state index contributed by atoms with van der Waals surface area (Å²) in [5, 5.41) is 16.7. The van der Waals surface area contributed by atoms with Gasteiger partial charge in [0.1, 0.15) is 29.4 Å². The molecule has 0 fully saturated rings. The highest BCUT2D eigenvalue weighted by molar-refractivity contribution is 7.85. The second-order valence-electron chi connectivity index (χ2n) is 4.73. The van der Waals surface area contributed by atoms with E-state index in [1.807, 2.05) is 0 Å². The Labute approximate surface area is 125 Å². The van der Waals surface area contributed by atoms with Crippen LogP contribution in [0.25, 0.3) is 0 Å². The maximum atomic E-state index is 13.9. The fourth-order valence-corrected chi connectivity index (χ4v) is 2.30. The average Bonchev–Trinajstić information content (AvgIpc) is 2.88. The Hall–Kier alpha value is -1.91. The van der Waals surface area contributed by atoms with Gasteiger partial charge in [-0.2, -0.15) is 13.5 Å². The molecule has 10 heteroatoms. The van der Waals surface area contributed by atoms with Crippen molar-refractivity contribution in [3.05, 3.63) is 47.5 Å². The molecule has 1 atom stereocenters. The molecule has 7 nitrogen and oxygen atoms in total. The van der Waals surface area contributed by atoms with Gasteiger partial charge in [0.05, 0.1) is 12.9 Å². The van der Waals surface area contributed by atoms with Crippen LogP contribution >= 0.6 is 0 Å². The molecule has 0 radical (unpaired) electrons. The maximum Gasteiger partial charge on any atom is 0.264 e. The van der Waals surface area contributed by atoms with Crippen LogP contribution < -0.4 is 0 Å². The number of halogens is 2. The highest BCUT2D eigenvalue weighted by atomic mass is 32.2. The Morgan fingerprint density at radius 2 is 2.14 bits per heavy atom. The zero-order valence-corrected chi connectivity index (χ0v) is 12.3.